The molecular weight excluding hydrogens is 320 g/mol. The molecule has 0 fully saturated rings. The minimum Gasteiger partial charge on any atom is -0.496 e. The molecule has 0 bridgehead atoms. The Morgan fingerprint density at radius 3 is 2.56 bits per heavy atom. The van der Waals surface area contributed by atoms with Crippen molar-refractivity contribution in [3.63, 3.8) is 0 Å². The fourth-order valence-electron chi connectivity index (χ4n) is 2.15. The van der Waals surface area contributed by atoms with Crippen LogP contribution in [0.5, 0.6) is 5.75 Å². The van der Waals surface area contributed by atoms with Crippen molar-refractivity contribution in [3.8, 4) is 5.75 Å². The molecular formula is C19H20N2O4. The number of nitrogens with one attached hydrogen (secondary N) is 2. The molecule has 130 valence electrons. The molecule has 0 saturated heterocycles. The number of ether oxygens (including phenoxy) is 2. The van der Waals surface area contributed by atoms with Crippen LogP contribution in [-0.2, 0) is 4.74 Å². The normalized spacial score (nSPS) is 10.3. The van der Waals surface area contributed by atoms with Crippen molar-refractivity contribution in [2.24, 2.45) is 0 Å². The molecule has 0 saturated carbocycles. The maximum absolute atomic E-state index is 12.0. The van der Waals surface area contributed by atoms with Crippen LogP contribution in [0.15, 0.2) is 54.7 Å². The standard InChI is InChI=1S/C19H20N2O4/c1-3-25-18(22)15-9-5-6-10-16(15)21-19(23)20-13-12-14-8-4-7-11-17(14)24-2/h4-13H,3H2,1-2H3,(H2,20,21,23)/b13-12+. The summed E-state index contributed by atoms with van der Waals surface area (Å²) in [5.74, 6) is 0.219. The van der Waals surface area contributed by atoms with Crippen LogP contribution in [0.4, 0.5) is 10.5 Å². The molecule has 0 heterocycles. The van der Waals surface area contributed by atoms with Crippen LogP contribution in [-0.4, -0.2) is 25.7 Å². The van der Waals surface area contributed by atoms with Crippen LogP contribution >= 0.6 is 0 Å². The highest BCUT2D eigenvalue weighted by molar-refractivity contribution is 6.01. The first-order valence-electron chi connectivity index (χ1n) is 7.79. The van der Waals surface area contributed by atoms with Crippen molar-refractivity contribution in [2.75, 3.05) is 19.0 Å². The number of hydrogen-bond acceptors (Lipinski definition) is 4. The summed E-state index contributed by atoms with van der Waals surface area (Å²) in [6, 6.07) is 13.6. The third kappa shape index (κ3) is 5.10. The van der Waals surface area contributed by atoms with E-state index in [1.54, 1.807) is 44.4 Å². The number of urea groups is 1. The lowest BCUT2D eigenvalue weighted by molar-refractivity contribution is 0.0527. The second kappa shape index (κ2) is 9.12. The maximum Gasteiger partial charge on any atom is 0.340 e. The molecule has 0 aliphatic rings. The Morgan fingerprint density at radius 1 is 1.08 bits per heavy atom. The van der Waals surface area contributed by atoms with E-state index in [4.69, 9.17) is 9.47 Å². The molecule has 0 unspecified atom stereocenters. The molecule has 0 radical (unpaired) electrons. The van der Waals surface area contributed by atoms with Crippen LogP contribution in [0.2, 0.25) is 0 Å². The van der Waals surface area contributed by atoms with Crippen molar-refractivity contribution in [1.82, 2.24) is 5.32 Å². The largest absolute Gasteiger partial charge is 0.496 e. The summed E-state index contributed by atoms with van der Waals surface area (Å²) < 4.78 is 10.2. The van der Waals surface area contributed by atoms with E-state index in [2.05, 4.69) is 10.6 Å². The van der Waals surface area contributed by atoms with Crippen molar-refractivity contribution in [1.29, 1.82) is 0 Å². The Hall–Kier alpha value is -3.28. The lowest BCUT2D eigenvalue weighted by atomic mass is 10.2. The average Bonchev–Trinajstić information content (AvgIpc) is 2.62. The molecule has 25 heavy (non-hydrogen) atoms. The first kappa shape index (κ1) is 18.1. The Kier molecular flexibility index (Phi) is 6.59. The Bertz CT molecular complexity index is 772. The van der Waals surface area contributed by atoms with Gasteiger partial charge in [0.1, 0.15) is 5.75 Å². The van der Waals surface area contributed by atoms with Gasteiger partial charge >= 0.3 is 12.0 Å². The van der Waals surface area contributed by atoms with Crippen molar-refractivity contribution in [2.45, 2.75) is 6.92 Å². The van der Waals surface area contributed by atoms with Gasteiger partial charge in [0, 0.05) is 11.8 Å². The second-order valence-electron chi connectivity index (χ2n) is 4.94. The fourth-order valence-corrected chi connectivity index (χ4v) is 2.15. The van der Waals surface area contributed by atoms with Gasteiger partial charge in [0.15, 0.2) is 0 Å². The smallest absolute Gasteiger partial charge is 0.340 e. The number of rotatable bonds is 6. The third-order valence-corrected chi connectivity index (χ3v) is 3.29. The number of esters is 1. The van der Waals surface area contributed by atoms with Gasteiger partial charge < -0.3 is 20.1 Å². The summed E-state index contributed by atoms with van der Waals surface area (Å²) in [6.45, 7) is 1.99. The molecule has 0 aliphatic carbocycles. The van der Waals surface area contributed by atoms with E-state index in [0.29, 0.717) is 17.0 Å². The summed E-state index contributed by atoms with van der Waals surface area (Å²) in [6.07, 6.45) is 3.22. The Balaban J connectivity index is 2.01. The number of hydrogen-bond donors (Lipinski definition) is 2. The molecule has 0 aromatic heterocycles. The molecule has 2 aromatic carbocycles. The average molecular weight is 340 g/mol. The first-order chi connectivity index (χ1) is 12.2. The zero-order chi connectivity index (χ0) is 18.1. The summed E-state index contributed by atoms with van der Waals surface area (Å²) in [5.41, 5.74) is 1.51. The van der Waals surface area contributed by atoms with E-state index < -0.39 is 12.0 Å². The molecule has 0 atom stereocenters. The summed E-state index contributed by atoms with van der Waals surface area (Å²) >= 11 is 0. The minimum atomic E-state index is -0.483. The van der Waals surface area contributed by atoms with Gasteiger partial charge in [-0.3, -0.25) is 0 Å². The fraction of sp³-hybridized carbons (Fsp3) is 0.158. The van der Waals surface area contributed by atoms with Crippen molar-refractivity contribution < 1.29 is 19.1 Å². The molecule has 0 aliphatic heterocycles. The summed E-state index contributed by atoms with van der Waals surface area (Å²) in [5, 5.41) is 5.22. The predicted molar refractivity (Wildman–Crippen MR) is 96.6 cm³/mol. The molecule has 2 N–H and O–H groups in total. The van der Waals surface area contributed by atoms with Gasteiger partial charge in [-0.25, -0.2) is 9.59 Å². The van der Waals surface area contributed by atoms with Gasteiger partial charge in [-0.1, -0.05) is 30.3 Å². The summed E-state index contributed by atoms with van der Waals surface area (Å²) in [7, 11) is 1.58. The number of methoxy groups -OCH3 is 1. The highest BCUT2D eigenvalue weighted by Crippen LogP contribution is 2.18. The lowest BCUT2D eigenvalue weighted by Gasteiger charge is -2.10. The van der Waals surface area contributed by atoms with Crippen LogP contribution in [0.3, 0.4) is 0 Å². The topological polar surface area (TPSA) is 76.7 Å². The maximum atomic E-state index is 12.0. The Labute approximate surface area is 146 Å². The van der Waals surface area contributed by atoms with E-state index in [9.17, 15) is 9.59 Å². The number of benzene rings is 2. The number of amides is 2. The number of para-hydroxylation sites is 2. The quantitative estimate of drug-likeness (QED) is 0.787. The number of carbonyl (C=O) groups is 2. The van der Waals surface area contributed by atoms with Crippen molar-refractivity contribution in [3.05, 3.63) is 65.9 Å². The van der Waals surface area contributed by atoms with Gasteiger partial charge in [0.05, 0.1) is 25.0 Å². The highest BCUT2D eigenvalue weighted by Gasteiger charge is 2.13. The molecule has 6 nitrogen and oxygen atoms in total. The summed E-state index contributed by atoms with van der Waals surface area (Å²) in [4.78, 5) is 23.9. The zero-order valence-corrected chi connectivity index (χ0v) is 14.1. The van der Waals surface area contributed by atoms with Crippen LogP contribution in [0, 0.1) is 0 Å². The van der Waals surface area contributed by atoms with Gasteiger partial charge in [-0.15, -0.1) is 0 Å². The zero-order valence-electron chi connectivity index (χ0n) is 14.1. The second-order valence-corrected chi connectivity index (χ2v) is 4.94. The minimum absolute atomic E-state index is 0.265. The van der Waals surface area contributed by atoms with Crippen molar-refractivity contribution >= 4 is 23.8 Å². The van der Waals surface area contributed by atoms with Gasteiger partial charge in [0.25, 0.3) is 0 Å². The molecule has 0 spiro atoms. The Morgan fingerprint density at radius 2 is 1.80 bits per heavy atom. The van der Waals surface area contributed by atoms with Crippen LogP contribution in [0.25, 0.3) is 6.08 Å². The van der Waals surface area contributed by atoms with Crippen LogP contribution in [0.1, 0.15) is 22.8 Å². The molecule has 2 amide bonds. The van der Waals surface area contributed by atoms with E-state index in [1.807, 2.05) is 24.3 Å². The molecule has 2 aromatic rings. The third-order valence-electron chi connectivity index (χ3n) is 3.29. The number of anilines is 1. The first-order valence-corrected chi connectivity index (χ1v) is 7.79. The van der Waals surface area contributed by atoms with E-state index in [0.717, 1.165) is 5.56 Å². The SMILES string of the molecule is CCOC(=O)c1ccccc1NC(=O)N/C=C/c1ccccc1OC. The van der Waals surface area contributed by atoms with Gasteiger partial charge in [-0.2, -0.15) is 0 Å². The predicted octanol–water partition coefficient (Wildman–Crippen LogP) is 3.66. The highest BCUT2D eigenvalue weighted by atomic mass is 16.5. The van der Waals surface area contributed by atoms with Gasteiger partial charge in [-0.05, 0) is 31.2 Å². The van der Waals surface area contributed by atoms with E-state index >= 15 is 0 Å². The van der Waals surface area contributed by atoms with E-state index in [1.165, 1.54) is 6.20 Å². The molecule has 6 heteroatoms. The van der Waals surface area contributed by atoms with E-state index in [-0.39, 0.29) is 6.61 Å². The molecule has 2 rings (SSSR count). The number of carbonyl (C=O) groups excluding carboxylic acids is 2. The van der Waals surface area contributed by atoms with Crippen LogP contribution < -0.4 is 15.4 Å². The van der Waals surface area contributed by atoms with Gasteiger partial charge in [0.2, 0.25) is 0 Å². The lowest BCUT2D eigenvalue weighted by Crippen LogP contribution is -2.25. The monoisotopic (exact) mass is 340 g/mol.